The lowest BCUT2D eigenvalue weighted by Crippen LogP contribution is -2.60. The van der Waals surface area contributed by atoms with Crippen molar-refractivity contribution in [2.45, 2.75) is 246 Å². The number of ether oxygens (including phenoxy) is 3. The van der Waals surface area contributed by atoms with Crippen molar-refractivity contribution < 1.29 is 34.3 Å². The molecule has 0 radical (unpaired) electrons. The van der Waals surface area contributed by atoms with Crippen molar-refractivity contribution in [3.8, 4) is 0 Å². The summed E-state index contributed by atoms with van der Waals surface area (Å²) in [5.74, 6) is 5.24. The zero-order valence-electron chi connectivity index (χ0n) is 38.4. The number of allylic oxidation sites excluding steroid dienone is 1. The van der Waals surface area contributed by atoms with Gasteiger partial charge in [0.05, 0.1) is 6.10 Å². The van der Waals surface area contributed by atoms with Crippen LogP contribution in [0, 0.1) is 52.3 Å². The van der Waals surface area contributed by atoms with E-state index in [1.165, 1.54) is 115 Å². The van der Waals surface area contributed by atoms with Crippen LogP contribution in [0.1, 0.15) is 209 Å². The van der Waals surface area contributed by atoms with Gasteiger partial charge in [0.2, 0.25) is 0 Å². The fraction of sp³-hybridized carbons (Fsp3) is 0.941. The Kier molecular flexibility index (Phi) is 19.0. The highest BCUT2D eigenvalue weighted by atomic mass is 16.7. The van der Waals surface area contributed by atoms with Crippen molar-refractivity contribution in [1.29, 1.82) is 0 Å². The number of aliphatic hydroxyl groups excluding tert-OH is 3. The van der Waals surface area contributed by atoms with Gasteiger partial charge in [0, 0.05) is 6.42 Å². The first-order chi connectivity index (χ1) is 27.8. The zero-order chi connectivity index (χ0) is 41.9. The van der Waals surface area contributed by atoms with E-state index in [0.29, 0.717) is 17.8 Å². The van der Waals surface area contributed by atoms with Gasteiger partial charge in [0.25, 0.3) is 0 Å². The number of unbranched alkanes of at least 4 members (excludes halogenated alkanes) is 12. The van der Waals surface area contributed by atoms with Gasteiger partial charge in [0.1, 0.15) is 31.0 Å². The highest BCUT2D eigenvalue weighted by molar-refractivity contribution is 5.69. The SMILES string of the molecule is CCCCCCCCCCCCCCCC(=O)OC[C@H]1O[C@@H](O[C@H]2CC[C@@]3(C)C(=CC[C@H]4[C@@H]5CC[C@H]([C@H](C)CC[C@H](CC)C(C)C)[C@@]5(C)CC[C@@H]43)C2)[C@H](O)[C@@H](O)[C@@H]1O. The van der Waals surface area contributed by atoms with E-state index >= 15 is 0 Å². The summed E-state index contributed by atoms with van der Waals surface area (Å²) in [7, 11) is 0. The minimum Gasteiger partial charge on any atom is -0.463 e. The maximum atomic E-state index is 12.6. The first kappa shape index (κ1) is 48.0. The Balaban J connectivity index is 1.04. The lowest BCUT2D eigenvalue weighted by atomic mass is 9.47. The quantitative estimate of drug-likeness (QED) is 0.0506. The van der Waals surface area contributed by atoms with Crippen LogP contribution in [0.2, 0.25) is 0 Å². The summed E-state index contributed by atoms with van der Waals surface area (Å²) >= 11 is 0. The van der Waals surface area contributed by atoms with Crippen molar-refractivity contribution in [2.24, 2.45) is 52.3 Å². The monoisotopic (exact) mass is 815 g/mol. The zero-order valence-corrected chi connectivity index (χ0v) is 38.4. The molecule has 7 heteroatoms. The number of hydrogen-bond donors (Lipinski definition) is 3. The Hall–Kier alpha value is -0.990. The van der Waals surface area contributed by atoms with Crippen molar-refractivity contribution in [1.82, 2.24) is 0 Å². The van der Waals surface area contributed by atoms with E-state index in [0.717, 1.165) is 80.5 Å². The molecule has 336 valence electrons. The molecule has 58 heavy (non-hydrogen) atoms. The van der Waals surface area contributed by atoms with Crippen LogP contribution in [-0.2, 0) is 19.0 Å². The van der Waals surface area contributed by atoms with Crippen LogP contribution in [0.5, 0.6) is 0 Å². The summed E-state index contributed by atoms with van der Waals surface area (Å²) in [6, 6.07) is 0. The third kappa shape index (κ3) is 11.9. The smallest absolute Gasteiger partial charge is 0.305 e. The van der Waals surface area contributed by atoms with Gasteiger partial charge in [0.15, 0.2) is 6.29 Å². The maximum Gasteiger partial charge on any atom is 0.305 e. The normalized spacial score (nSPS) is 37.1. The molecule has 0 spiro atoms. The number of carbonyl (C=O) groups is 1. The van der Waals surface area contributed by atoms with Gasteiger partial charge in [-0.1, -0.05) is 150 Å². The van der Waals surface area contributed by atoms with E-state index in [9.17, 15) is 20.1 Å². The van der Waals surface area contributed by atoms with Gasteiger partial charge in [-0.25, -0.2) is 0 Å². The van der Waals surface area contributed by atoms with E-state index in [-0.39, 0.29) is 24.1 Å². The Morgan fingerprint density at radius 3 is 2.09 bits per heavy atom. The molecule has 7 nitrogen and oxygen atoms in total. The summed E-state index contributed by atoms with van der Waals surface area (Å²) in [6.07, 6.45) is 26.1. The Morgan fingerprint density at radius 2 is 1.45 bits per heavy atom. The van der Waals surface area contributed by atoms with Crippen molar-refractivity contribution in [3.05, 3.63) is 11.6 Å². The average molecular weight is 815 g/mol. The van der Waals surface area contributed by atoms with Crippen molar-refractivity contribution in [2.75, 3.05) is 6.61 Å². The average Bonchev–Trinajstić information content (AvgIpc) is 3.56. The molecule has 14 atom stereocenters. The fourth-order valence-corrected chi connectivity index (χ4v) is 13.3. The molecule has 0 aromatic carbocycles. The lowest BCUT2D eigenvalue weighted by molar-refractivity contribution is -0.313. The van der Waals surface area contributed by atoms with Gasteiger partial charge in [-0.15, -0.1) is 0 Å². The molecule has 1 aliphatic heterocycles. The number of rotatable bonds is 24. The summed E-state index contributed by atoms with van der Waals surface area (Å²) in [4.78, 5) is 12.6. The molecule has 1 saturated heterocycles. The van der Waals surface area contributed by atoms with Gasteiger partial charge in [-0.2, -0.15) is 0 Å². The number of fused-ring (bicyclic) bond motifs is 5. The number of hydrogen-bond acceptors (Lipinski definition) is 7. The van der Waals surface area contributed by atoms with Crippen molar-refractivity contribution in [3.63, 3.8) is 0 Å². The predicted octanol–water partition coefficient (Wildman–Crippen LogP) is 11.9. The second kappa shape index (κ2) is 22.9. The molecule has 5 rings (SSSR count). The minimum absolute atomic E-state index is 0.139. The first-order valence-corrected chi connectivity index (χ1v) is 25.0. The molecule has 0 unspecified atom stereocenters. The number of carbonyl (C=O) groups excluding carboxylic acids is 1. The fourth-order valence-electron chi connectivity index (χ4n) is 13.3. The largest absolute Gasteiger partial charge is 0.463 e. The van der Waals surface area contributed by atoms with E-state index in [4.69, 9.17) is 14.2 Å². The molecule has 0 aromatic heterocycles. The second-order valence-corrected chi connectivity index (χ2v) is 21.1. The van der Waals surface area contributed by atoms with Gasteiger partial charge < -0.3 is 29.5 Å². The van der Waals surface area contributed by atoms with Crippen LogP contribution in [0.15, 0.2) is 11.6 Å². The van der Waals surface area contributed by atoms with E-state index in [2.05, 4.69) is 54.5 Å². The lowest BCUT2D eigenvalue weighted by Gasteiger charge is -2.58. The highest BCUT2D eigenvalue weighted by Crippen LogP contribution is 2.67. The standard InChI is InChI=1S/C51H90O7/c1-8-10-11-12-13-14-15-16-17-18-19-20-21-22-45(52)56-34-44-46(53)47(54)48(55)49(58-44)57-39-29-31-50(6)38(33-39)25-26-40-42-28-27-41(51(42,7)32-30-43(40)50)36(5)23-24-37(9-2)35(3)4/h25,35-37,39-44,46-49,53-55H,8-24,26-34H2,1-7H3/t36-,37+,39+,40+,41-,42+,43+,44-,46-,47+,48-,49-,50+,51-/m1/s1. The molecular formula is C51H90O7. The molecule has 3 saturated carbocycles. The van der Waals surface area contributed by atoms with Crippen LogP contribution in [0.3, 0.4) is 0 Å². The molecule has 5 aliphatic rings. The van der Waals surface area contributed by atoms with Crippen molar-refractivity contribution >= 4 is 5.97 Å². The Labute approximate surface area is 355 Å². The summed E-state index contributed by atoms with van der Waals surface area (Å²) in [5.41, 5.74) is 2.13. The third-order valence-corrected chi connectivity index (χ3v) is 17.2. The number of aliphatic hydroxyl groups is 3. The van der Waals surface area contributed by atoms with Crippen LogP contribution >= 0.6 is 0 Å². The summed E-state index contributed by atoms with van der Waals surface area (Å²) in [5, 5.41) is 32.5. The van der Waals surface area contributed by atoms with Crippen LogP contribution in [-0.4, -0.2) is 64.7 Å². The molecular weight excluding hydrogens is 725 g/mol. The first-order valence-electron chi connectivity index (χ1n) is 25.0. The van der Waals surface area contributed by atoms with Crippen LogP contribution in [0.4, 0.5) is 0 Å². The molecule has 0 amide bonds. The summed E-state index contributed by atoms with van der Waals surface area (Å²) in [6.45, 7) is 17.0. The minimum atomic E-state index is -1.44. The molecule has 4 fully saturated rings. The van der Waals surface area contributed by atoms with E-state index in [1.807, 2.05) is 0 Å². The summed E-state index contributed by atoms with van der Waals surface area (Å²) < 4.78 is 18.0. The van der Waals surface area contributed by atoms with Gasteiger partial charge >= 0.3 is 5.97 Å². The molecule has 0 aromatic rings. The van der Waals surface area contributed by atoms with E-state index in [1.54, 1.807) is 0 Å². The van der Waals surface area contributed by atoms with E-state index < -0.39 is 30.7 Å². The number of esters is 1. The Morgan fingerprint density at radius 1 is 0.793 bits per heavy atom. The molecule has 0 bridgehead atoms. The van der Waals surface area contributed by atoms with Crippen LogP contribution in [0.25, 0.3) is 0 Å². The van der Waals surface area contributed by atoms with Crippen LogP contribution < -0.4 is 0 Å². The third-order valence-electron chi connectivity index (χ3n) is 17.2. The highest BCUT2D eigenvalue weighted by Gasteiger charge is 2.59. The molecule has 4 aliphatic carbocycles. The van der Waals surface area contributed by atoms with Gasteiger partial charge in [-0.3, -0.25) is 4.79 Å². The predicted molar refractivity (Wildman–Crippen MR) is 235 cm³/mol. The topological polar surface area (TPSA) is 105 Å². The van der Waals surface area contributed by atoms with Gasteiger partial charge in [-0.05, 0) is 116 Å². The maximum absolute atomic E-state index is 12.6. The molecule has 1 heterocycles. The Bertz CT molecular complexity index is 1250. The molecule has 3 N–H and O–H groups in total. The second-order valence-electron chi connectivity index (χ2n) is 21.1.